The number of aromatic nitrogens is 3. The number of anilines is 1. The number of nitrogens with zero attached hydrogens (tertiary/aromatic N) is 3. The normalized spacial score (nSPS) is 17.0. The summed E-state index contributed by atoms with van der Waals surface area (Å²) in [5, 5.41) is 12.5. The second-order valence-corrected chi connectivity index (χ2v) is 7.43. The fraction of sp³-hybridized carbons (Fsp3) is 0.471. The second kappa shape index (κ2) is 8.21. The van der Waals surface area contributed by atoms with E-state index in [9.17, 15) is 4.79 Å². The van der Waals surface area contributed by atoms with Crippen molar-refractivity contribution in [2.24, 2.45) is 0 Å². The number of hydrogen-bond donors (Lipinski definition) is 1. The van der Waals surface area contributed by atoms with Crippen LogP contribution in [0.5, 0.6) is 0 Å². The van der Waals surface area contributed by atoms with Crippen LogP contribution in [0.3, 0.4) is 0 Å². The highest BCUT2D eigenvalue weighted by atomic mass is 35.5. The summed E-state index contributed by atoms with van der Waals surface area (Å²) in [7, 11) is 0. The molecule has 0 aliphatic carbocycles. The first-order chi connectivity index (χ1) is 12.0. The van der Waals surface area contributed by atoms with Gasteiger partial charge in [-0.1, -0.05) is 29.4 Å². The van der Waals surface area contributed by atoms with Gasteiger partial charge in [-0.05, 0) is 44.4 Å². The molecule has 0 radical (unpaired) electrons. The molecule has 1 atom stereocenters. The summed E-state index contributed by atoms with van der Waals surface area (Å²) >= 11 is 7.46. The minimum Gasteiger partial charge on any atom is -0.376 e. The van der Waals surface area contributed by atoms with Crippen LogP contribution in [0, 0.1) is 13.8 Å². The maximum absolute atomic E-state index is 12.2. The fourth-order valence-electron chi connectivity index (χ4n) is 2.67. The van der Waals surface area contributed by atoms with E-state index in [0.717, 1.165) is 42.5 Å². The molecule has 1 aliphatic heterocycles. The molecule has 0 unspecified atom stereocenters. The van der Waals surface area contributed by atoms with E-state index < -0.39 is 0 Å². The first-order valence-electron chi connectivity index (χ1n) is 8.23. The Hall–Kier alpha value is -1.57. The molecule has 1 aromatic carbocycles. The van der Waals surface area contributed by atoms with E-state index in [0.29, 0.717) is 10.7 Å². The maximum atomic E-state index is 12.2. The molecule has 1 aliphatic rings. The van der Waals surface area contributed by atoms with E-state index in [2.05, 4.69) is 15.5 Å². The molecule has 1 aromatic heterocycles. The van der Waals surface area contributed by atoms with Gasteiger partial charge in [-0.15, -0.1) is 10.2 Å². The van der Waals surface area contributed by atoms with Gasteiger partial charge in [0.25, 0.3) is 0 Å². The topological polar surface area (TPSA) is 69.0 Å². The van der Waals surface area contributed by atoms with E-state index in [1.807, 2.05) is 30.5 Å². The average molecular weight is 381 g/mol. The summed E-state index contributed by atoms with van der Waals surface area (Å²) in [5.41, 5.74) is 1.67. The molecule has 0 spiro atoms. The lowest BCUT2D eigenvalue weighted by Gasteiger charge is -2.13. The molecule has 2 heterocycles. The van der Waals surface area contributed by atoms with Crippen molar-refractivity contribution in [1.82, 2.24) is 14.8 Å². The first kappa shape index (κ1) is 18.2. The molecule has 1 fully saturated rings. The van der Waals surface area contributed by atoms with Crippen molar-refractivity contribution in [3.8, 4) is 0 Å². The first-order valence-corrected chi connectivity index (χ1v) is 9.59. The lowest BCUT2D eigenvalue weighted by atomic mass is 10.2. The van der Waals surface area contributed by atoms with Crippen molar-refractivity contribution in [2.45, 2.75) is 44.5 Å². The lowest BCUT2D eigenvalue weighted by Crippen LogP contribution is -2.18. The number of benzene rings is 1. The van der Waals surface area contributed by atoms with Gasteiger partial charge in [-0.3, -0.25) is 4.79 Å². The van der Waals surface area contributed by atoms with Crippen molar-refractivity contribution in [1.29, 1.82) is 0 Å². The molecule has 1 N–H and O–H groups in total. The van der Waals surface area contributed by atoms with Crippen LogP contribution in [0.1, 0.15) is 24.2 Å². The summed E-state index contributed by atoms with van der Waals surface area (Å²) in [6.07, 6.45) is 2.35. The highest BCUT2D eigenvalue weighted by Crippen LogP contribution is 2.23. The molecular formula is C17H21ClN4O2S. The smallest absolute Gasteiger partial charge is 0.234 e. The predicted octanol–water partition coefficient (Wildman–Crippen LogP) is 3.46. The summed E-state index contributed by atoms with van der Waals surface area (Å²) < 4.78 is 7.71. The second-order valence-electron chi connectivity index (χ2n) is 6.08. The van der Waals surface area contributed by atoms with E-state index in [-0.39, 0.29) is 17.8 Å². The number of carbonyl (C=O) groups is 1. The zero-order valence-corrected chi connectivity index (χ0v) is 15.9. The predicted molar refractivity (Wildman–Crippen MR) is 99.3 cm³/mol. The molecule has 3 rings (SSSR count). The van der Waals surface area contributed by atoms with Crippen molar-refractivity contribution in [2.75, 3.05) is 17.7 Å². The third-order valence-corrected chi connectivity index (χ3v) is 5.47. The zero-order chi connectivity index (χ0) is 17.8. The van der Waals surface area contributed by atoms with Gasteiger partial charge in [-0.25, -0.2) is 0 Å². The Morgan fingerprint density at radius 1 is 1.44 bits per heavy atom. The minimum absolute atomic E-state index is 0.103. The number of nitrogens with one attached hydrogen (secondary N) is 1. The molecule has 25 heavy (non-hydrogen) atoms. The number of amides is 1. The molecule has 0 bridgehead atoms. The monoisotopic (exact) mass is 380 g/mol. The Morgan fingerprint density at radius 3 is 3.00 bits per heavy atom. The van der Waals surface area contributed by atoms with E-state index in [1.54, 1.807) is 6.07 Å². The number of halogens is 1. The van der Waals surface area contributed by atoms with Crippen LogP contribution in [0.15, 0.2) is 23.4 Å². The molecular weight excluding hydrogens is 360 g/mol. The molecule has 8 heteroatoms. The number of aryl methyl sites for hydroxylation is 2. The Balaban J connectivity index is 1.57. The van der Waals surface area contributed by atoms with E-state index in [1.165, 1.54) is 11.8 Å². The van der Waals surface area contributed by atoms with Crippen molar-refractivity contribution < 1.29 is 9.53 Å². The van der Waals surface area contributed by atoms with Gasteiger partial charge in [0.2, 0.25) is 5.91 Å². The Kier molecular flexibility index (Phi) is 5.98. The van der Waals surface area contributed by atoms with Crippen LogP contribution in [0.25, 0.3) is 0 Å². The number of rotatable bonds is 6. The van der Waals surface area contributed by atoms with Crippen molar-refractivity contribution >= 4 is 35.0 Å². The molecule has 1 saturated heterocycles. The van der Waals surface area contributed by atoms with Crippen molar-refractivity contribution in [3.05, 3.63) is 34.6 Å². The molecule has 1 amide bonds. The SMILES string of the molecule is Cc1ccc(NC(=O)CSc2nnc(C)n2C[C@H]2CCCO2)cc1Cl. The summed E-state index contributed by atoms with van der Waals surface area (Å²) in [5.74, 6) is 0.993. The molecule has 6 nitrogen and oxygen atoms in total. The van der Waals surface area contributed by atoms with Crippen LogP contribution in [0.2, 0.25) is 5.02 Å². The summed E-state index contributed by atoms with van der Waals surface area (Å²) in [6, 6.07) is 5.48. The average Bonchev–Trinajstić information content (AvgIpc) is 3.21. The third-order valence-electron chi connectivity index (χ3n) is 4.10. The Morgan fingerprint density at radius 2 is 2.28 bits per heavy atom. The van der Waals surface area contributed by atoms with Crippen molar-refractivity contribution in [3.63, 3.8) is 0 Å². The van der Waals surface area contributed by atoms with E-state index >= 15 is 0 Å². The fourth-order valence-corrected chi connectivity index (χ4v) is 3.64. The van der Waals surface area contributed by atoms with Gasteiger partial charge >= 0.3 is 0 Å². The lowest BCUT2D eigenvalue weighted by molar-refractivity contribution is -0.113. The van der Waals surface area contributed by atoms with E-state index in [4.69, 9.17) is 16.3 Å². The largest absolute Gasteiger partial charge is 0.376 e. The van der Waals surface area contributed by atoms with Gasteiger partial charge in [0.15, 0.2) is 5.16 Å². The van der Waals surface area contributed by atoms with Gasteiger partial charge < -0.3 is 14.6 Å². The van der Waals surface area contributed by atoms with Gasteiger partial charge in [0, 0.05) is 17.3 Å². The highest BCUT2D eigenvalue weighted by molar-refractivity contribution is 7.99. The molecule has 0 saturated carbocycles. The van der Waals surface area contributed by atoms with Gasteiger partial charge in [0.05, 0.1) is 18.4 Å². The molecule has 2 aromatic rings. The quantitative estimate of drug-likeness (QED) is 0.777. The number of thioether (sulfide) groups is 1. The minimum atomic E-state index is -0.103. The molecule has 134 valence electrons. The number of ether oxygens (including phenoxy) is 1. The summed E-state index contributed by atoms with van der Waals surface area (Å²) in [4.78, 5) is 12.2. The number of carbonyl (C=O) groups excluding carboxylic acids is 1. The maximum Gasteiger partial charge on any atom is 0.234 e. The number of hydrogen-bond acceptors (Lipinski definition) is 5. The Labute approximate surface area is 156 Å². The zero-order valence-electron chi connectivity index (χ0n) is 14.3. The van der Waals surface area contributed by atoms with Gasteiger partial charge in [-0.2, -0.15) is 0 Å². The Bertz CT molecular complexity index is 759. The van der Waals surface area contributed by atoms with Crippen LogP contribution in [-0.2, 0) is 16.1 Å². The van der Waals surface area contributed by atoms with Crippen LogP contribution in [0.4, 0.5) is 5.69 Å². The van der Waals surface area contributed by atoms with Crippen LogP contribution >= 0.6 is 23.4 Å². The third kappa shape index (κ3) is 4.74. The standard InChI is InChI=1S/C17H21ClN4O2S/c1-11-5-6-13(8-15(11)18)19-16(23)10-25-17-21-20-12(2)22(17)9-14-4-3-7-24-14/h5-6,8,14H,3-4,7,9-10H2,1-2H3,(H,19,23)/t14-/m1/s1. The van der Waals surface area contributed by atoms with Gasteiger partial charge in [0.1, 0.15) is 5.82 Å². The van der Waals surface area contributed by atoms with Crippen LogP contribution < -0.4 is 5.32 Å². The summed E-state index contributed by atoms with van der Waals surface area (Å²) in [6.45, 7) is 5.39. The van der Waals surface area contributed by atoms with Crippen LogP contribution in [-0.4, -0.2) is 39.1 Å². The highest BCUT2D eigenvalue weighted by Gasteiger charge is 2.20.